The van der Waals surface area contributed by atoms with Crippen molar-refractivity contribution >= 4 is 11.9 Å². The minimum Gasteiger partial charge on any atom is -0.481 e. The molecule has 0 rings (SSSR count). The minimum absolute atomic E-state index is 0.00121. The van der Waals surface area contributed by atoms with E-state index in [1.807, 2.05) is 0 Å². The van der Waals surface area contributed by atoms with Crippen molar-refractivity contribution in [2.45, 2.75) is 39.5 Å². The number of carboxylic acids is 1. The van der Waals surface area contributed by atoms with Gasteiger partial charge in [0.1, 0.15) is 0 Å². The van der Waals surface area contributed by atoms with E-state index >= 15 is 0 Å². The van der Waals surface area contributed by atoms with Gasteiger partial charge in [0.05, 0.1) is 72.5 Å². The van der Waals surface area contributed by atoms with Crippen molar-refractivity contribution < 1.29 is 43.1 Å². The summed E-state index contributed by atoms with van der Waals surface area (Å²) in [6, 6.07) is 0. The molecular weight excluding hydrogens is 422 g/mol. The molecule has 0 aliphatic carbocycles. The Morgan fingerprint density at radius 1 is 0.719 bits per heavy atom. The number of aliphatic carboxylic acids is 1. The molecule has 0 aromatic rings. The third kappa shape index (κ3) is 25.0. The SMILES string of the molecule is CCC(C)COCCOCCOCCOCCOCCOCCCNC(=O)CCC(=O)O. The van der Waals surface area contributed by atoms with Crippen LogP contribution < -0.4 is 5.32 Å². The molecule has 0 saturated heterocycles. The molecule has 0 saturated carbocycles. The minimum atomic E-state index is -0.975. The monoisotopic (exact) mass is 465 g/mol. The van der Waals surface area contributed by atoms with Gasteiger partial charge in [-0.05, 0) is 12.3 Å². The number of rotatable bonds is 25. The van der Waals surface area contributed by atoms with Gasteiger partial charge in [0, 0.05) is 26.2 Å². The number of carbonyl (C=O) groups is 2. The van der Waals surface area contributed by atoms with Crippen LogP contribution in [0.4, 0.5) is 0 Å². The number of amides is 1. The highest BCUT2D eigenvalue weighted by atomic mass is 16.6. The van der Waals surface area contributed by atoms with Gasteiger partial charge < -0.3 is 38.8 Å². The van der Waals surface area contributed by atoms with Gasteiger partial charge in [-0.25, -0.2) is 0 Å². The standard InChI is InChI=1S/C22H43NO9/c1-3-20(2)19-32-18-17-31-16-15-30-14-13-29-12-11-28-10-9-27-8-4-7-23-21(24)5-6-22(25)26/h20H,3-19H2,1-2H3,(H,23,24)(H,25,26). The zero-order valence-electron chi connectivity index (χ0n) is 19.8. The summed E-state index contributed by atoms with van der Waals surface area (Å²) in [5, 5.41) is 11.1. The summed E-state index contributed by atoms with van der Waals surface area (Å²) in [7, 11) is 0. The van der Waals surface area contributed by atoms with Crippen LogP contribution in [0.2, 0.25) is 0 Å². The van der Waals surface area contributed by atoms with Gasteiger partial charge in [0.2, 0.25) is 5.91 Å². The molecule has 0 aliphatic rings. The van der Waals surface area contributed by atoms with E-state index in [0.717, 1.165) is 13.0 Å². The molecule has 190 valence electrons. The normalized spacial score (nSPS) is 12.1. The molecule has 10 nitrogen and oxygen atoms in total. The summed E-state index contributed by atoms with van der Waals surface area (Å²) in [5.74, 6) is -0.640. The maximum atomic E-state index is 11.3. The molecular formula is C22H43NO9. The summed E-state index contributed by atoms with van der Waals surface area (Å²) < 4.78 is 32.6. The predicted octanol–water partition coefficient (Wildman–Crippen LogP) is 1.50. The molecule has 0 fully saturated rings. The summed E-state index contributed by atoms with van der Waals surface area (Å²) >= 11 is 0. The number of ether oxygens (including phenoxy) is 6. The van der Waals surface area contributed by atoms with E-state index in [1.54, 1.807) is 0 Å². The van der Waals surface area contributed by atoms with Crippen molar-refractivity contribution in [1.29, 1.82) is 0 Å². The maximum Gasteiger partial charge on any atom is 0.303 e. The summed E-state index contributed by atoms with van der Waals surface area (Å²) in [5.41, 5.74) is 0. The van der Waals surface area contributed by atoms with Crippen molar-refractivity contribution in [2.24, 2.45) is 5.92 Å². The Labute approximate surface area is 192 Å². The van der Waals surface area contributed by atoms with Gasteiger partial charge in [-0.3, -0.25) is 9.59 Å². The topological polar surface area (TPSA) is 122 Å². The third-order valence-electron chi connectivity index (χ3n) is 4.31. The van der Waals surface area contributed by atoms with Crippen LogP contribution in [0.5, 0.6) is 0 Å². The van der Waals surface area contributed by atoms with E-state index in [2.05, 4.69) is 19.2 Å². The highest BCUT2D eigenvalue weighted by Crippen LogP contribution is 2.00. The Morgan fingerprint density at radius 2 is 1.16 bits per heavy atom. The Kier molecular flexibility index (Phi) is 23.4. The Balaban J connectivity index is 3.11. The first kappa shape index (κ1) is 30.7. The van der Waals surface area contributed by atoms with E-state index in [1.165, 1.54) is 0 Å². The molecule has 0 heterocycles. The van der Waals surface area contributed by atoms with E-state index in [-0.39, 0.29) is 18.7 Å². The Morgan fingerprint density at radius 3 is 1.59 bits per heavy atom. The number of carboxylic acid groups (broad SMARTS) is 1. The highest BCUT2D eigenvalue weighted by molar-refractivity contribution is 5.80. The molecule has 0 spiro atoms. The van der Waals surface area contributed by atoms with E-state index in [0.29, 0.717) is 91.6 Å². The van der Waals surface area contributed by atoms with Crippen LogP contribution in [0.25, 0.3) is 0 Å². The number of nitrogens with one attached hydrogen (secondary N) is 1. The predicted molar refractivity (Wildman–Crippen MR) is 119 cm³/mol. The molecule has 0 aliphatic heterocycles. The van der Waals surface area contributed by atoms with Crippen LogP contribution in [-0.2, 0) is 38.0 Å². The Bertz CT molecular complexity index is 438. The lowest BCUT2D eigenvalue weighted by atomic mass is 10.1. The molecule has 2 N–H and O–H groups in total. The first-order chi connectivity index (χ1) is 15.6. The fraction of sp³-hybridized carbons (Fsp3) is 0.909. The summed E-state index contributed by atoms with van der Waals surface area (Å²) in [4.78, 5) is 21.6. The molecule has 0 bridgehead atoms. The fourth-order valence-corrected chi connectivity index (χ4v) is 2.21. The lowest BCUT2D eigenvalue weighted by Gasteiger charge is -2.10. The first-order valence-electron chi connectivity index (χ1n) is 11.5. The molecule has 0 aromatic carbocycles. The van der Waals surface area contributed by atoms with Crippen LogP contribution in [-0.4, -0.2) is 103 Å². The highest BCUT2D eigenvalue weighted by Gasteiger charge is 2.04. The van der Waals surface area contributed by atoms with Crippen LogP contribution in [0.15, 0.2) is 0 Å². The molecule has 0 aromatic heterocycles. The van der Waals surface area contributed by atoms with Crippen LogP contribution >= 0.6 is 0 Å². The average molecular weight is 466 g/mol. The smallest absolute Gasteiger partial charge is 0.303 e. The third-order valence-corrected chi connectivity index (χ3v) is 4.31. The van der Waals surface area contributed by atoms with Gasteiger partial charge in [-0.2, -0.15) is 0 Å². The average Bonchev–Trinajstić information content (AvgIpc) is 2.78. The molecule has 0 radical (unpaired) electrons. The number of hydrogen-bond donors (Lipinski definition) is 2. The molecule has 1 unspecified atom stereocenters. The van der Waals surface area contributed by atoms with Gasteiger partial charge in [0.15, 0.2) is 0 Å². The van der Waals surface area contributed by atoms with E-state index < -0.39 is 5.97 Å². The zero-order chi connectivity index (χ0) is 23.7. The fourth-order valence-electron chi connectivity index (χ4n) is 2.21. The maximum absolute atomic E-state index is 11.3. The van der Waals surface area contributed by atoms with Crippen LogP contribution in [0.3, 0.4) is 0 Å². The molecule has 1 amide bonds. The quantitative estimate of drug-likeness (QED) is 0.193. The largest absolute Gasteiger partial charge is 0.481 e. The lowest BCUT2D eigenvalue weighted by molar-refractivity contribution is -0.138. The first-order valence-corrected chi connectivity index (χ1v) is 11.5. The van der Waals surface area contributed by atoms with Crippen LogP contribution in [0, 0.1) is 5.92 Å². The number of carbonyl (C=O) groups excluding carboxylic acids is 1. The Hall–Kier alpha value is -1.30. The van der Waals surface area contributed by atoms with Crippen molar-refractivity contribution in [1.82, 2.24) is 5.32 Å². The van der Waals surface area contributed by atoms with Gasteiger partial charge in [0.25, 0.3) is 0 Å². The van der Waals surface area contributed by atoms with E-state index in [4.69, 9.17) is 33.5 Å². The van der Waals surface area contributed by atoms with Crippen molar-refractivity contribution in [3.05, 3.63) is 0 Å². The molecule has 10 heteroatoms. The van der Waals surface area contributed by atoms with Crippen LogP contribution in [0.1, 0.15) is 39.5 Å². The zero-order valence-corrected chi connectivity index (χ0v) is 19.8. The van der Waals surface area contributed by atoms with Gasteiger partial charge in [-0.1, -0.05) is 20.3 Å². The van der Waals surface area contributed by atoms with Crippen molar-refractivity contribution in [2.75, 3.05) is 85.8 Å². The molecule has 32 heavy (non-hydrogen) atoms. The summed E-state index contributed by atoms with van der Waals surface area (Å²) in [6.07, 6.45) is 1.64. The number of hydrogen-bond acceptors (Lipinski definition) is 8. The van der Waals surface area contributed by atoms with Gasteiger partial charge in [-0.15, -0.1) is 0 Å². The van der Waals surface area contributed by atoms with Crippen molar-refractivity contribution in [3.63, 3.8) is 0 Å². The van der Waals surface area contributed by atoms with Crippen molar-refractivity contribution in [3.8, 4) is 0 Å². The second kappa shape index (κ2) is 24.3. The molecule has 1 atom stereocenters. The van der Waals surface area contributed by atoms with Gasteiger partial charge >= 0.3 is 5.97 Å². The van der Waals surface area contributed by atoms with E-state index in [9.17, 15) is 9.59 Å². The lowest BCUT2D eigenvalue weighted by Crippen LogP contribution is -2.25. The summed E-state index contributed by atoms with van der Waals surface area (Å²) in [6.45, 7) is 11.3. The second-order valence-corrected chi connectivity index (χ2v) is 7.25. The second-order valence-electron chi connectivity index (χ2n) is 7.25.